The van der Waals surface area contributed by atoms with Gasteiger partial charge in [0.1, 0.15) is 18.0 Å². The Morgan fingerprint density at radius 1 is 1.03 bits per heavy atom. The monoisotopic (exact) mass is 487 g/mol. The van der Waals surface area contributed by atoms with Crippen molar-refractivity contribution in [2.45, 2.75) is 52.7 Å². The number of amides is 1. The molecule has 0 aliphatic rings. The lowest BCUT2D eigenvalue weighted by molar-refractivity contribution is 0.0480. The van der Waals surface area contributed by atoms with Crippen molar-refractivity contribution in [2.75, 3.05) is 6.61 Å². The molecule has 0 bridgehead atoms. The zero-order chi connectivity index (χ0) is 25.7. The summed E-state index contributed by atoms with van der Waals surface area (Å²) in [5, 5.41) is 7.91. The van der Waals surface area contributed by atoms with Gasteiger partial charge in [-0.25, -0.2) is 4.79 Å². The van der Waals surface area contributed by atoms with Crippen molar-refractivity contribution in [1.82, 2.24) is 15.5 Å². The first-order chi connectivity index (χ1) is 17.2. The number of carbonyl (C=O) groups is 1. The highest BCUT2D eigenvalue weighted by Crippen LogP contribution is 2.36. The predicted octanol–water partition coefficient (Wildman–Crippen LogP) is 6.88. The van der Waals surface area contributed by atoms with Gasteiger partial charge in [-0.05, 0) is 68.5 Å². The molecule has 4 rings (SSSR count). The van der Waals surface area contributed by atoms with E-state index >= 15 is 0 Å². The first-order valence-electron chi connectivity index (χ1n) is 12.2. The van der Waals surface area contributed by atoms with Crippen LogP contribution in [0.2, 0.25) is 0 Å². The van der Waals surface area contributed by atoms with Gasteiger partial charge in [0.2, 0.25) is 0 Å². The number of ether oxygens (including phenoxy) is 2. The number of nitrogens with one attached hydrogen (secondary N) is 1. The maximum absolute atomic E-state index is 12.4. The Hall–Kier alpha value is -3.87. The van der Waals surface area contributed by atoms with Gasteiger partial charge in [0.15, 0.2) is 5.76 Å². The van der Waals surface area contributed by atoms with E-state index in [1.165, 1.54) is 0 Å². The predicted molar refractivity (Wildman–Crippen MR) is 141 cm³/mol. The van der Waals surface area contributed by atoms with Crippen LogP contribution in [-0.2, 0) is 4.74 Å². The van der Waals surface area contributed by atoms with E-state index in [0.29, 0.717) is 17.4 Å². The number of pyridine rings is 1. The molecule has 7 heteroatoms. The molecule has 0 spiro atoms. The third-order valence-electron chi connectivity index (χ3n) is 5.56. The summed E-state index contributed by atoms with van der Waals surface area (Å²) in [6.07, 6.45) is 3.72. The molecule has 0 saturated carbocycles. The van der Waals surface area contributed by atoms with Gasteiger partial charge in [-0.2, -0.15) is 0 Å². The molecule has 0 aliphatic heterocycles. The van der Waals surface area contributed by atoms with Crippen LogP contribution in [0.1, 0.15) is 41.0 Å². The number of fused-ring (bicyclic) bond motifs is 1. The fourth-order valence-electron chi connectivity index (χ4n) is 4.12. The van der Waals surface area contributed by atoms with Gasteiger partial charge < -0.3 is 19.3 Å². The summed E-state index contributed by atoms with van der Waals surface area (Å²) < 4.78 is 17.2. The number of aromatic nitrogens is 2. The Morgan fingerprint density at radius 2 is 1.83 bits per heavy atom. The van der Waals surface area contributed by atoms with Crippen molar-refractivity contribution in [1.29, 1.82) is 0 Å². The summed E-state index contributed by atoms with van der Waals surface area (Å²) in [5.74, 6) is 1.61. The molecule has 0 saturated heterocycles. The lowest BCUT2D eigenvalue weighted by Gasteiger charge is -2.25. The number of hydrogen-bond donors (Lipinski definition) is 1. The largest absolute Gasteiger partial charge is 0.491 e. The van der Waals surface area contributed by atoms with Gasteiger partial charge in [0.25, 0.3) is 0 Å². The Kier molecular flexibility index (Phi) is 7.58. The van der Waals surface area contributed by atoms with Crippen molar-refractivity contribution < 1.29 is 18.8 Å². The Bertz CT molecular complexity index is 1300. The minimum absolute atomic E-state index is 0.216. The van der Waals surface area contributed by atoms with Gasteiger partial charge in [-0.3, -0.25) is 4.98 Å². The second-order valence-corrected chi connectivity index (χ2v) is 10.2. The lowest BCUT2D eigenvalue weighted by atomic mass is 9.98. The maximum atomic E-state index is 12.4. The standard InChI is InChI=1S/C29H33N3O4/c1-19(2)16-21(32-28(33)35-29(3,4)5)18-34-26-11-10-20(17-24(26)27-13-15-31-36-27)22-12-14-30-25-9-7-6-8-23(22)25/h6-15,17,19,21H,16,18H2,1-5H3,(H,32,33)/t21-/m1/s1. The van der Waals surface area contributed by atoms with Crippen LogP contribution in [0.15, 0.2) is 71.5 Å². The highest BCUT2D eigenvalue weighted by atomic mass is 16.6. The summed E-state index contributed by atoms with van der Waals surface area (Å²) in [6, 6.07) is 17.6. The number of para-hydroxylation sites is 1. The van der Waals surface area contributed by atoms with Crippen LogP contribution in [0.25, 0.3) is 33.4 Å². The van der Waals surface area contributed by atoms with Gasteiger partial charge in [-0.15, -0.1) is 0 Å². The van der Waals surface area contributed by atoms with Crippen LogP contribution < -0.4 is 10.1 Å². The molecule has 2 aromatic carbocycles. The van der Waals surface area contributed by atoms with Crippen molar-refractivity contribution in [3.8, 4) is 28.2 Å². The zero-order valence-electron chi connectivity index (χ0n) is 21.4. The average molecular weight is 488 g/mol. The molecular weight excluding hydrogens is 454 g/mol. The van der Waals surface area contributed by atoms with Crippen molar-refractivity contribution in [2.24, 2.45) is 5.92 Å². The minimum atomic E-state index is -0.570. The quantitative estimate of drug-likeness (QED) is 0.292. The number of alkyl carbamates (subject to hydrolysis) is 1. The molecule has 36 heavy (non-hydrogen) atoms. The molecule has 188 valence electrons. The summed E-state index contributed by atoms with van der Waals surface area (Å²) in [5.41, 5.74) is 3.22. The zero-order valence-corrected chi connectivity index (χ0v) is 21.4. The van der Waals surface area contributed by atoms with Crippen molar-refractivity contribution >= 4 is 17.0 Å². The third kappa shape index (κ3) is 6.42. The van der Waals surface area contributed by atoms with E-state index < -0.39 is 11.7 Å². The van der Waals surface area contributed by atoms with E-state index in [4.69, 9.17) is 14.0 Å². The highest BCUT2D eigenvalue weighted by molar-refractivity contribution is 5.95. The molecule has 7 nitrogen and oxygen atoms in total. The molecule has 1 amide bonds. The Morgan fingerprint density at radius 3 is 2.56 bits per heavy atom. The van der Waals surface area contributed by atoms with Gasteiger partial charge in [0, 0.05) is 17.6 Å². The topological polar surface area (TPSA) is 86.5 Å². The first kappa shape index (κ1) is 25.2. The number of nitrogens with zero attached hydrogens (tertiary/aromatic N) is 2. The molecular formula is C29H33N3O4. The Balaban J connectivity index is 1.62. The van der Waals surface area contributed by atoms with E-state index in [9.17, 15) is 4.79 Å². The minimum Gasteiger partial charge on any atom is -0.491 e. The van der Waals surface area contributed by atoms with Crippen LogP contribution in [-0.4, -0.2) is 34.5 Å². The van der Waals surface area contributed by atoms with E-state index in [1.54, 1.807) is 12.3 Å². The smallest absolute Gasteiger partial charge is 0.407 e. The fraction of sp³-hybridized carbons (Fsp3) is 0.345. The van der Waals surface area contributed by atoms with E-state index in [0.717, 1.165) is 34.0 Å². The molecule has 1 N–H and O–H groups in total. The SMILES string of the molecule is CC(C)C[C@H](COc1ccc(-c2ccnc3ccccc23)cc1-c1ccno1)NC(=O)OC(C)(C)C. The first-order valence-corrected chi connectivity index (χ1v) is 12.2. The van der Waals surface area contributed by atoms with Crippen molar-refractivity contribution in [3.05, 3.63) is 67.0 Å². The van der Waals surface area contributed by atoms with E-state index in [1.807, 2.05) is 69.4 Å². The van der Waals surface area contributed by atoms with Crippen LogP contribution in [0.3, 0.4) is 0 Å². The second kappa shape index (κ2) is 10.8. The maximum Gasteiger partial charge on any atom is 0.407 e. The molecule has 0 radical (unpaired) electrons. The second-order valence-electron chi connectivity index (χ2n) is 10.2. The molecule has 2 heterocycles. The summed E-state index contributed by atoms with van der Waals surface area (Å²) in [4.78, 5) is 16.9. The number of rotatable bonds is 8. The van der Waals surface area contributed by atoms with Gasteiger partial charge >= 0.3 is 6.09 Å². The van der Waals surface area contributed by atoms with Gasteiger partial charge in [0.05, 0.1) is 23.3 Å². The van der Waals surface area contributed by atoms with E-state index in [2.05, 4.69) is 35.4 Å². The molecule has 4 aromatic rings. The van der Waals surface area contributed by atoms with Crippen LogP contribution in [0, 0.1) is 5.92 Å². The van der Waals surface area contributed by atoms with Gasteiger partial charge in [-0.1, -0.05) is 43.3 Å². The number of benzene rings is 2. The molecule has 0 aliphatic carbocycles. The summed E-state index contributed by atoms with van der Waals surface area (Å²) in [6.45, 7) is 10.0. The number of carbonyl (C=O) groups excluding carboxylic acids is 1. The van der Waals surface area contributed by atoms with E-state index in [-0.39, 0.29) is 12.6 Å². The molecule has 2 aromatic heterocycles. The van der Waals surface area contributed by atoms with Crippen LogP contribution >= 0.6 is 0 Å². The molecule has 0 fully saturated rings. The Labute approximate surface area is 211 Å². The van der Waals surface area contributed by atoms with Crippen LogP contribution in [0.4, 0.5) is 4.79 Å². The molecule has 0 unspecified atom stereocenters. The summed E-state index contributed by atoms with van der Waals surface area (Å²) in [7, 11) is 0. The normalized spacial score (nSPS) is 12.5. The van der Waals surface area contributed by atoms with Crippen LogP contribution in [0.5, 0.6) is 5.75 Å². The molecule has 1 atom stereocenters. The number of hydrogen-bond acceptors (Lipinski definition) is 6. The third-order valence-corrected chi connectivity index (χ3v) is 5.56. The average Bonchev–Trinajstić information content (AvgIpc) is 3.35. The van der Waals surface area contributed by atoms with Crippen molar-refractivity contribution in [3.63, 3.8) is 0 Å². The lowest BCUT2D eigenvalue weighted by Crippen LogP contribution is -2.42. The summed E-state index contributed by atoms with van der Waals surface area (Å²) >= 11 is 0. The fourth-order valence-corrected chi connectivity index (χ4v) is 4.12. The highest BCUT2D eigenvalue weighted by Gasteiger charge is 2.22.